The van der Waals surface area contributed by atoms with Crippen molar-refractivity contribution >= 4 is 26.9 Å². The zero-order chi connectivity index (χ0) is 20.7. The largest absolute Gasteiger partial charge is 0.455 e. The highest BCUT2D eigenvalue weighted by molar-refractivity contribution is 9.10. The second kappa shape index (κ2) is 7.39. The van der Waals surface area contributed by atoms with Gasteiger partial charge in [-0.1, -0.05) is 69.6 Å². The third-order valence-electron chi connectivity index (χ3n) is 4.95. The van der Waals surface area contributed by atoms with E-state index >= 15 is 0 Å². The van der Waals surface area contributed by atoms with Crippen LogP contribution in [0.15, 0.2) is 91.0 Å². The van der Waals surface area contributed by atoms with E-state index in [0.717, 1.165) is 15.6 Å². The van der Waals surface area contributed by atoms with Crippen LogP contribution in [0.2, 0.25) is 0 Å². The van der Waals surface area contributed by atoms with Crippen LogP contribution in [0.1, 0.15) is 5.56 Å². The van der Waals surface area contributed by atoms with Crippen molar-refractivity contribution in [3.05, 3.63) is 93.1 Å². The quantitative estimate of drug-likeness (QED) is 0.319. The Morgan fingerprint density at radius 1 is 0.867 bits per heavy atom. The first-order valence-corrected chi connectivity index (χ1v) is 10.1. The monoisotopic (exact) mass is 458 g/mol. The van der Waals surface area contributed by atoms with E-state index in [1.807, 2.05) is 60.7 Å². The Labute approximate surface area is 180 Å². The number of nitrogens with zero attached hydrogens (tertiary/aromatic N) is 2. The van der Waals surface area contributed by atoms with Gasteiger partial charge >= 0.3 is 0 Å². The minimum Gasteiger partial charge on any atom is -0.455 e. The molecule has 0 saturated heterocycles. The molecule has 0 radical (unpaired) electrons. The Morgan fingerprint density at radius 3 is 2.40 bits per heavy atom. The molecule has 0 atom stereocenters. The van der Waals surface area contributed by atoms with Gasteiger partial charge in [-0.25, -0.2) is 0 Å². The molecule has 0 unspecified atom stereocenters. The van der Waals surface area contributed by atoms with Crippen LogP contribution in [0.3, 0.4) is 0 Å². The molecule has 30 heavy (non-hydrogen) atoms. The van der Waals surface area contributed by atoms with Crippen LogP contribution in [0.5, 0.6) is 0 Å². The standard InChI is InChI=1S/C24H15BrN2O3/c1-14-20(28)17-11-7-12-18(22(17)29-21(14)15-8-3-2-4-9-15)24-26-23(27-30-24)16-10-5-6-13-19(16)25/h2-13H,1H3. The van der Waals surface area contributed by atoms with Crippen molar-refractivity contribution in [2.75, 3.05) is 0 Å². The second-order valence-corrected chi connectivity index (χ2v) is 7.69. The summed E-state index contributed by atoms with van der Waals surface area (Å²) in [7, 11) is 0. The molecule has 0 aliphatic rings. The molecule has 0 amide bonds. The molecule has 146 valence electrons. The van der Waals surface area contributed by atoms with E-state index in [0.29, 0.717) is 33.7 Å². The fourth-order valence-corrected chi connectivity index (χ4v) is 3.89. The van der Waals surface area contributed by atoms with Gasteiger partial charge in [0, 0.05) is 21.2 Å². The number of halogens is 1. The first-order valence-electron chi connectivity index (χ1n) is 9.34. The van der Waals surface area contributed by atoms with E-state index in [1.54, 1.807) is 19.1 Å². The fourth-order valence-electron chi connectivity index (χ4n) is 3.43. The summed E-state index contributed by atoms with van der Waals surface area (Å²) in [5.41, 5.74) is 3.13. The molecule has 0 aliphatic carbocycles. The number of hydrogen-bond acceptors (Lipinski definition) is 5. The molecule has 5 aromatic rings. The summed E-state index contributed by atoms with van der Waals surface area (Å²) in [4.78, 5) is 17.6. The fraction of sp³-hybridized carbons (Fsp3) is 0.0417. The van der Waals surface area contributed by atoms with E-state index in [9.17, 15) is 4.79 Å². The van der Waals surface area contributed by atoms with Gasteiger partial charge in [-0.05, 0) is 31.2 Å². The molecule has 0 bridgehead atoms. The van der Waals surface area contributed by atoms with Crippen molar-refractivity contribution in [3.63, 3.8) is 0 Å². The Morgan fingerprint density at radius 2 is 1.60 bits per heavy atom. The summed E-state index contributed by atoms with van der Waals surface area (Å²) < 4.78 is 12.7. The van der Waals surface area contributed by atoms with Gasteiger partial charge in [0.2, 0.25) is 5.82 Å². The van der Waals surface area contributed by atoms with Gasteiger partial charge in [-0.3, -0.25) is 4.79 Å². The molecule has 5 nitrogen and oxygen atoms in total. The molecule has 0 N–H and O–H groups in total. The molecule has 0 fully saturated rings. The lowest BCUT2D eigenvalue weighted by atomic mass is 10.0. The van der Waals surface area contributed by atoms with Crippen LogP contribution in [-0.2, 0) is 0 Å². The third-order valence-corrected chi connectivity index (χ3v) is 5.64. The van der Waals surface area contributed by atoms with E-state index in [2.05, 4.69) is 26.1 Å². The summed E-state index contributed by atoms with van der Waals surface area (Å²) >= 11 is 3.51. The maximum Gasteiger partial charge on any atom is 0.262 e. The summed E-state index contributed by atoms with van der Waals surface area (Å²) in [6.07, 6.45) is 0. The van der Waals surface area contributed by atoms with Gasteiger partial charge in [-0.15, -0.1) is 0 Å². The van der Waals surface area contributed by atoms with Gasteiger partial charge in [-0.2, -0.15) is 4.98 Å². The van der Waals surface area contributed by atoms with Crippen molar-refractivity contribution in [2.24, 2.45) is 0 Å². The highest BCUT2D eigenvalue weighted by Crippen LogP contribution is 2.33. The Bertz CT molecular complexity index is 1440. The zero-order valence-electron chi connectivity index (χ0n) is 15.9. The van der Waals surface area contributed by atoms with E-state index < -0.39 is 0 Å². The van der Waals surface area contributed by atoms with Gasteiger partial charge in [0.1, 0.15) is 5.76 Å². The normalized spacial score (nSPS) is 11.1. The van der Waals surface area contributed by atoms with Gasteiger partial charge < -0.3 is 8.94 Å². The minimum atomic E-state index is -0.0810. The zero-order valence-corrected chi connectivity index (χ0v) is 17.5. The van der Waals surface area contributed by atoms with Crippen LogP contribution in [-0.4, -0.2) is 10.1 Å². The van der Waals surface area contributed by atoms with E-state index in [-0.39, 0.29) is 11.3 Å². The van der Waals surface area contributed by atoms with Gasteiger partial charge in [0.25, 0.3) is 5.89 Å². The van der Waals surface area contributed by atoms with Crippen LogP contribution in [0.4, 0.5) is 0 Å². The highest BCUT2D eigenvalue weighted by Gasteiger charge is 2.19. The predicted molar refractivity (Wildman–Crippen MR) is 119 cm³/mol. The van der Waals surface area contributed by atoms with Crippen molar-refractivity contribution in [1.82, 2.24) is 10.1 Å². The number of rotatable bonds is 3. The second-order valence-electron chi connectivity index (χ2n) is 6.84. The number of benzene rings is 3. The third kappa shape index (κ3) is 3.06. The maximum atomic E-state index is 13.0. The number of hydrogen-bond donors (Lipinski definition) is 0. The number of fused-ring (bicyclic) bond motifs is 1. The predicted octanol–water partition coefficient (Wildman–Crippen LogP) is 6.25. The average molecular weight is 459 g/mol. The average Bonchev–Trinajstić information content (AvgIpc) is 3.26. The maximum absolute atomic E-state index is 13.0. The van der Waals surface area contributed by atoms with E-state index in [4.69, 9.17) is 8.94 Å². The van der Waals surface area contributed by atoms with Crippen molar-refractivity contribution < 1.29 is 8.94 Å². The Balaban J connectivity index is 1.72. The van der Waals surface area contributed by atoms with Crippen LogP contribution in [0.25, 0.3) is 45.1 Å². The topological polar surface area (TPSA) is 69.1 Å². The van der Waals surface area contributed by atoms with Gasteiger partial charge in [0.05, 0.1) is 10.9 Å². The summed E-state index contributed by atoms with van der Waals surface area (Å²) in [6, 6.07) is 22.6. The SMILES string of the molecule is Cc1c(-c2ccccc2)oc2c(-c3nc(-c4ccccc4Br)no3)cccc2c1=O. The lowest BCUT2D eigenvalue weighted by molar-refractivity contribution is 0.432. The lowest BCUT2D eigenvalue weighted by Gasteiger charge is -2.08. The lowest BCUT2D eigenvalue weighted by Crippen LogP contribution is -2.07. The highest BCUT2D eigenvalue weighted by atomic mass is 79.9. The van der Waals surface area contributed by atoms with Gasteiger partial charge in [0.15, 0.2) is 11.0 Å². The molecular formula is C24H15BrN2O3. The molecule has 3 aromatic carbocycles. The van der Waals surface area contributed by atoms with Crippen molar-refractivity contribution in [1.29, 1.82) is 0 Å². The summed E-state index contributed by atoms with van der Waals surface area (Å²) in [5, 5.41) is 4.59. The minimum absolute atomic E-state index is 0.0810. The molecule has 2 heterocycles. The smallest absolute Gasteiger partial charge is 0.262 e. The number of para-hydroxylation sites is 1. The number of aromatic nitrogens is 2. The summed E-state index contributed by atoms with van der Waals surface area (Å²) in [6.45, 7) is 1.78. The Hall–Kier alpha value is -3.51. The molecular weight excluding hydrogens is 444 g/mol. The molecule has 0 spiro atoms. The van der Waals surface area contributed by atoms with Crippen LogP contribution in [0, 0.1) is 6.92 Å². The first kappa shape index (κ1) is 18.5. The molecule has 2 aromatic heterocycles. The van der Waals surface area contributed by atoms with E-state index in [1.165, 1.54) is 0 Å². The first-order chi connectivity index (χ1) is 14.6. The van der Waals surface area contributed by atoms with Crippen LogP contribution < -0.4 is 5.43 Å². The van der Waals surface area contributed by atoms with Crippen LogP contribution >= 0.6 is 15.9 Å². The Kier molecular flexibility index (Phi) is 4.56. The molecule has 6 heteroatoms. The molecule has 5 rings (SSSR count). The molecule has 0 aliphatic heterocycles. The molecule has 0 saturated carbocycles. The summed E-state index contributed by atoms with van der Waals surface area (Å²) in [5.74, 6) is 1.27. The van der Waals surface area contributed by atoms with Crippen molar-refractivity contribution in [2.45, 2.75) is 6.92 Å². The van der Waals surface area contributed by atoms with Crippen molar-refractivity contribution in [3.8, 4) is 34.2 Å².